The summed E-state index contributed by atoms with van der Waals surface area (Å²) in [6.07, 6.45) is 7.09. The molecule has 3 heterocycles. The van der Waals surface area contributed by atoms with Gasteiger partial charge < -0.3 is 34.1 Å². The Bertz CT molecular complexity index is 1340. The Morgan fingerprint density at radius 3 is 2.69 bits per heavy atom. The first-order valence-electron chi connectivity index (χ1n) is 14.5. The van der Waals surface area contributed by atoms with Gasteiger partial charge in [0.05, 0.1) is 44.6 Å². The average Bonchev–Trinajstić information content (AvgIpc) is 3.46. The molecule has 0 radical (unpaired) electrons. The van der Waals surface area contributed by atoms with Gasteiger partial charge >= 0.3 is 5.97 Å². The van der Waals surface area contributed by atoms with Gasteiger partial charge in [-0.2, -0.15) is 0 Å². The van der Waals surface area contributed by atoms with Crippen LogP contribution >= 0.6 is 0 Å². The minimum atomic E-state index is -1.05. The summed E-state index contributed by atoms with van der Waals surface area (Å²) in [6.45, 7) is 2.43. The number of piperazine rings is 1. The molecular weight excluding hydrogens is 538 g/mol. The van der Waals surface area contributed by atoms with Gasteiger partial charge in [0.25, 0.3) is 5.91 Å². The summed E-state index contributed by atoms with van der Waals surface area (Å²) in [5.41, 5.74) is 1.13. The highest BCUT2D eigenvalue weighted by atomic mass is 16.5. The zero-order chi connectivity index (χ0) is 29.5. The summed E-state index contributed by atoms with van der Waals surface area (Å²) in [5.74, 6) is -0.118. The first-order chi connectivity index (χ1) is 20.4. The molecule has 2 aromatic heterocycles. The van der Waals surface area contributed by atoms with Crippen LogP contribution < -0.4 is 10.1 Å². The third kappa shape index (κ3) is 6.33. The molecule has 1 aliphatic carbocycles. The maximum atomic E-state index is 14.2. The lowest BCUT2D eigenvalue weighted by Crippen LogP contribution is -2.54. The lowest BCUT2D eigenvalue weighted by atomic mass is 9.80. The molecule has 1 aliphatic heterocycles. The molecule has 3 atom stereocenters. The molecule has 0 bridgehead atoms. The predicted octanol–water partition coefficient (Wildman–Crippen LogP) is 3.11. The molecule has 5 rings (SSSR count). The number of aromatic nitrogens is 3. The quantitative estimate of drug-likeness (QED) is 0.349. The van der Waals surface area contributed by atoms with Gasteiger partial charge in [0.1, 0.15) is 17.0 Å². The van der Waals surface area contributed by atoms with E-state index in [0.717, 1.165) is 24.8 Å². The van der Waals surface area contributed by atoms with Crippen molar-refractivity contribution in [3.8, 4) is 17.0 Å². The first-order valence-corrected chi connectivity index (χ1v) is 14.5. The Kier molecular flexibility index (Phi) is 9.51. The van der Waals surface area contributed by atoms with Gasteiger partial charge in [0, 0.05) is 44.8 Å². The number of aliphatic hydroxyl groups is 1. The SMILES string of the molecule is COC[C@]1(O)CCCC[C@H]1n1cnc(C(=O)N2CCNC[C@H]2CCOc2ccc(C(=O)OC)nc2)c1-c1ccccc1. The highest BCUT2D eigenvalue weighted by Crippen LogP contribution is 2.41. The van der Waals surface area contributed by atoms with Crippen molar-refractivity contribution in [2.45, 2.75) is 49.8 Å². The number of nitrogens with zero attached hydrogens (tertiary/aromatic N) is 4. The molecule has 11 nitrogen and oxygen atoms in total. The number of methoxy groups -OCH3 is 2. The minimum absolute atomic E-state index is 0.109. The summed E-state index contributed by atoms with van der Waals surface area (Å²) in [5, 5.41) is 15.0. The molecule has 1 aromatic carbocycles. The van der Waals surface area contributed by atoms with E-state index in [9.17, 15) is 14.7 Å². The normalized spacial score (nSPS) is 22.5. The number of nitrogens with one attached hydrogen (secondary N) is 1. The van der Waals surface area contributed by atoms with Gasteiger partial charge in [-0.3, -0.25) is 4.79 Å². The van der Waals surface area contributed by atoms with E-state index in [2.05, 4.69) is 20.0 Å². The van der Waals surface area contributed by atoms with Gasteiger partial charge in [0.15, 0.2) is 5.69 Å². The minimum Gasteiger partial charge on any atom is -0.492 e. The van der Waals surface area contributed by atoms with Crippen LogP contribution in [0.3, 0.4) is 0 Å². The fraction of sp³-hybridized carbons (Fsp3) is 0.484. The second-order valence-corrected chi connectivity index (χ2v) is 10.9. The number of rotatable bonds is 10. The molecule has 1 saturated heterocycles. The summed E-state index contributed by atoms with van der Waals surface area (Å²) in [7, 11) is 2.91. The fourth-order valence-electron chi connectivity index (χ4n) is 6.08. The molecule has 1 amide bonds. The molecule has 0 spiro atoms. The standard InChI is InChI=1S/C31H39N5O6/c1-40-20-31(39)14-7-6-10-26(31)36-21-34-27(28(36)22-8-4-3-5-9-22)29(37)35-16-15-32-18-23(35)13-17-42-24-11-12-25(33-19-24)30(38)41-2/h3-5,8-9,11-12,19,21,23,26,32,39H,6-7,10,13-18,20H2,1-2H3/t23-,26-,31-/m1/s1. The Labute approximate surface area is 245 Å². The monoisotopic (exact) mass is 577 g/mol. The van der Waals surface area contributed by atoms with Crippen LogP contribution in [-0.2, 0) is 9.47 Å². The smallest absolute Gasteiger partial charge is 0.356 e. The van der Waals surface area contributed by atoms with E-state index in [1.54, 1.807) is 25.6 Å². The molecule has 1 saturated carbocycles. The van der Waals surface area contributed by atoms with E-state index in [-0.39, 0.29) is 30.3 Å². The fourth-order valence-corrected chi connectivity index (χ4v) is 6.08. The van der Waals surface area contributed by atoms with Crippen molar-refractivity contribution >= 4 is 11.9 Å². The van der Waals surface area contributed by atoms with Crippen molar-refractivity contribution in [2.24, 2.45) is 0 Å². The number of imidazole rings is 1. The van der Waals surface area contributed by atoms with Crippen molar-refractivity contribution in [3.05, 3.63) is 66.4 Å². The largest absolute Gasteiger partial charge is 0.492 e. The Hall–Kier alpha value is -3.80. The van der Waals surface area contributed by atoms with Crippen molar-refractivity contribution < 1.29 is 28.9 Å². The van der Waals surface area contributed by atoms with Crippen LogP contribution in [0.2, 0.25) is 0 Å². The lowest BCUT2D eigenvalue weighted by Gasteiger charge is -2.41. The lowest BCUT2D eigenvalue weighted by molar-refractivity contribution is -0.0893. The second-order valence-electron chi connectivity index (χ2n) is 10.9. The molecule has 2 N–H and O–H groups in total. The van der Waals surface area contributed by atoms with Crippen molar-refractivity contribution in [3.63, 3.8) is 0 Å². The Balaban J connectivity index is 1.37. The number of benzene rings is 1. The van der Waals surface area contributed by atoms with E-state index < -0.39 is 11.6 Å². The van der Waals surface area contributed by atoms with E-state index in [0.29, 0.717) is 56.2 Å². The number of esters is 1. The van der Waals surface area contributed by atoms with Crippen LogP contribution in [0.5, 0.6) is 5.75 Å². The molecule has 11 heteroatoms. The van der Waals surface area contributed by atoms with E-state index in [4.69, 9.17) is 9.47 Å². The number of carbonyl (C=O) groups excluding carboxylic acids is 2. The van der Waals surface area contributed by atoms with E-state index >= 15 is 0 Å². The molecule has 0 unspecified atom stereocenters. The molecule has 42 heavy (non-hydrogen) atoms. The maximum absolute atomic E-state index is 14.2. The number of amides is 1. The van der Waals surface area contributed by atoms with Crippen molar-refractivity contribution in [1.82, 2.24) is 24.8 Å². The first kappa shape index (κ1) is 29.7. The Morgan fingerprint density at radius 1 is 1.12 bits per heavy atom. The summed E-state index contributed by atoms with van der Waals surface area (Å²) in [6, 6.07) is 12.6. The van der Waals surface area contributed by atoms with E-state index in [1.165, 1.54) is 13.3 Å². The molecule has 224 valence electrons. The van der Waals surface area contributed by atoms with Gasteiger partial charge in [-0.1, -0.05) is 43.2 Å². The van der Waals surface area contributed by atoms with Gasteiger partial charge in [-0.25, -0.2) is 14.8 Å². The topological polar surface area (TPSA) is 128 Å². The van der Waals surface area contributed by atoms with Crippen LogP contribution in [-0.4, -0.2) is 95.1 Å². The van der Waals surface area contributed by atoms with Gasteiger partial charge in [0.2, 0.25) is 0 Å². The van der Waals surface area contributed by atoms with Gasteiger partial charge in [-0.15, -0.1) is 0 Å². The summed E-state index contributed by atoms with van der Waals surface area (Å²) in [4.78, 5) is 36.5. The maximum Gasteiger partial charge on any atom is 0.356 e. The third-order valence-electron chi connectivity index (χ3n) is 8.19. The highest BCUT2D eigenvalue weighted by Gasteiger charge is 2.42. The van der Waals surface area contributed by atoms with Crippen molar-refractivity contribution in [1.29, 1.82) is 0 Å². The van der Waals surface area contributed by atoms with Crippen LogP contribution in [0.15, 0.2) is 55.0 Å². The zero-order valence-electron chi connectivity index (χ0n) is 24.2. The number of hydrogen-bond acceptors (Lipinski definition) is 9. The summed E-state index contributed by atoms with van der Waals surface area (Å²) >= 11 is 0. The van der Waals surface area contributed by atoms with Crippen LogP contribution in [0.1, 0.15) is 59.1 Å². The molecule has 2 fully saturated rings. The van der Waals surface area contributed by atoms with Gasteiger partial charge in [-0.05, 0) is 25.0 Å². The second kappa shape index (κ2) is 13.5. The Morgan fingerprint density at radius 2 is 1.95 bits per heavy atom. The van der Waals surface area contributed by atoms with Crippen LogP contribution in [0.25, 0.3) is 11.3 Å². The molecule has 2 aliphatic rings. The van der Waals surface area contributed by atoms with Crippen LogP contribution in [0, 0.1) is 0 Å². The average molecular weight is 578 g/mol. The molecule has 3 aromatic rings. The van der Waals surface area contributed by atoms with Crippen LogP contribution in [0.4, 0.5) is 0 Å². The van der Waals surface area contributed by atoms with E-state index in [1.807, 2.05) is 39.8 Å². The zero-order valence-corrected chi connectivity index (χ0v) is 24.2. The predicted molar refractivity (Wildman–Crippen MR) is 155 cm³/mol. The van der Waals surface area contributed by atoms with Crippen molar-refractivity contribution in [2.75, 3.05) is 47.1 Å². The number of hydrogen-bond donors (Lipinski definition) is 2. The number of pyridine rings is 1. The summed E-state index contributed by atoms with van der Waals surface area (Å²) < 4.78 is 18.0. The molecular formula is C31H39N5O6. The third-order valence-corrected chi connectivity index (χ3v) is 8.19. The highest BCUT2D eigenvalue weighted by molar-refractivity contribution is 5.98. The number of carbonyl (C=O) groups is 2. The number of ether oxygens (including phenoxy) is 3.